The number of halogens is 2. The SMILES string of the molecule is O=C(NC(=S)Nc1c(F)cc(O)cc1F)C12CC3CC(CC(C3)C1)C2. The molecule has 1 aromatic rings. The molecular weight excluding hydrogens is 346 g/mol. The lowest BCUT2D eigenvalue weighted by molar-refractivity contribution is -0.144. The lowest BCUT2D eigenvalue weighted by Crippen LogP contribution is -2.55. The highest BCUT2D eigenvalue weighted by molar-refractivity contribution is 7.80. The highest BCUT2D eigenvalue weighted by Crippen LogP contribution is 2.60. The molecule has 0 saturated heterocycles. The number of amides is 1. The van der Waals surface area contributed by atoms with E-state index in [1.165, 1.54) is 19.3 Å². The maximum atomic E-state index is 13.8. The number of nitrogens with one attached hydrogen (secondary N) is 2. The van der Waals surface area contributed by atoms with E-state index >= 15 is 0 Å². The van der Waals surface area contributed by atoms with Gasteiger partial charge in [0.25, 0.3) is 0 Å². The van der Waals surface area contributed by atoms with Crippen LogP contribution in [0.15, 0.2) is 12.1 Å². The fraction of sp³-hybridized carbons (Fsp3) is 0.556. The summed E-state index contributed by atoms with van der Waals surface area (Å²) in [7, 11) is 0. The van der Waals surface area contributed by atoms with Crippen LogP contribution in [-0.2, 0) is 4.79 Å². The molecule has 1 amide bonds. The molecule has 0 unspecified atom stereocenters. The first kappa shape index (κ1) is 16.7. The van der Waals surface area contributed by atoms with Gasteiger partial charge in [0.05, 0.1) is 5.41 Å². The Kier molecular flexibility index (Phi) is 3.94. The van der Waals surface area contributed by atoms with Crippen LogP contribution >= 0.6 is 12.2 Å². The summed E-state index contributed by atoms with van der Waals surface area (Å²) in [6.07, 6.45) is 6.32. The van der Waals surface area contributed by atoms with Crippen molar-refractivity contribution in [1.29, 1.82) is 0 Å². The summed E-state index contributed by atoms with van der Waals surface area (Å²) in [4.78, 5) is 12.9. The molecule has 0 spiro atoms. The van der Waals surface area contributed by atoms with Crippen LogP contribution < -0.4 is 10.6 Å². The molecule has 4 aliphatic carbocycles. The highest BCUT2D eigenvalue weighted by Gasteiger charge is 2.54. The Balaban J connectivity index is 1.46. The summed E-state index contributed by atoms with van der Waals surface area (Å²) in [6, 6.07) is 1.57. The molecule has 5 rings (SSSR count). The molecule has 1 aromatic carbocycles. The number of benzene rings is 1. The number of carbonyl (C=O) groups excluding carboxylic acids is 1. The Hall–Kier alpha value is -1.76. The van der Waals surface area contributed by atoms with Gasteiger partial charge in [0.2, 0.25) is 5.91 Å². The number of carbonyl (C=O) groups is 1. The minimum atomic E-state index is -0.969. The summed E-state index contributed by atoms with van der Waals surface area (Å²) in [5.41, 5.74) is -0.861. The third-order valence-corrected chi connectivity index (χ3v) is 6.22. The number of aromatic hydroxyl groups is 1. The fourth-order valence-electron chi connectivity index (χ4n) is 5.45. The molecule has 4 nitrogen and oxygen atoms in total. The van der Waals surface area contributed by atoms with Gasteiger partial charge in [0, 0.05) is 12.1 Å². The number of phenolic OH excluding ortho intramolecular Hbond substituents is 1. The van der Waals surface area contributed by atoms with Gasteiger partial charge in [-0.1, -0.05) is 0 Å². The van der Waals surface area contributed by atoms with Crippen LogP contribution in [0.3, 0.4) is 0 Å². The molecule has 3 N–H and O–H groups in total. The zero-order valence-electron chi connectivity index (χ0n) is 13.6. The van der Waals surface area contributed by atoms with Gasteiger partial charge in [-0.05, 0) is 68.5 Å². The molecule has 4 bridgehead atoms. The van der Waals surface area contributed by atoms with Gasteiger partial charge >= 0.3 is 0 Å². The number of rotatable bonds is 2. The minimum Gasteiger partial charge on any atom is -0.508 e. The number of hydrogen-bond acceptors (Lipinski definition) is 3. The summed E-state index contributed by atoms with van der Waals surface area (Å²) in [6.45, 7) is 0. The predicted octanol–water partition coefficient (Wildman–Crippen LogP) is 3.70. The fourth-order valence-corrected chi connectivity index (χ4v) is 5.64. The van der Waals surface area contributed by atoms with E-state index in [0.717, 1.165) is 31.4 Å². The Labute approximate surface area is 150 Å². The van der Waals surface area contributed by atoms with Crippen molar-refractivity contribution in [3.8, 4) is 5.75 Å². The standard InChI is InChI=1S/C18H20F2N2O2S/c19-13-4-12(23)5-14(20)15(13)21-17(25)22-16(24)18-6-9-1-10(7-18)3-11(2-9)8-18/h4-5,9-11,23H,1-3,6-8H2,(H2,21,22,24,25). The van der Waals surface area contributed by atoms with Crippen molar-refractivity contribution >= 4 is 28.9 Å². The van der Waals surface area contributed by atoms with E-state index in [1.807, 2.05) is 0 Å². The molecule has 0 aromatic heterocycles. The molecule has 0 radical (unpaired) electrons. The third-order valence-electron chi connectivity index (χ3n) is 6.01. The summed E-state index contributed by atoms with van der Waals surface area (Å²) < 4.78 is 27.6. The van der Waals surface area contributed by atoms with Gasteiger partial charge in [0.15, 0.2) is 16.7 Å². The second kappa shape index (κ2) is 5.90. The van der Waals surface area contributed by atoms with Crippen molar-refractivity contribution in [2.45, 2.75) is 38.5 Å². The Morgan fingerprint density at radius 1 is 1.08 bits per heavy atom. The maximum absolute atomic E-state index is 13.8. The average Bonchev–Trinajstić information content (AvgIpc) is 2.49. The monoisotopic (exact) mass is 366 g/mol. The van der Waals surface area contributed by atoms with Crippen molar-refractivity contribution in [2.24, 2.45) is 23.2 Å². The van der Waals surface area contributed by atoms with Crippen molar-refractivity contribution in [3.05, 3.63) is 23.8 Å². The van der Waals surface area contributed by atoms with Gasteiger partial charge in [-0.3, -0.25) is 4.79 Å². The third kappa shape index (κ3) is 2.99. The quantitative estimate of drug-likeness (QED) is 0.552. The number of thiocarbonyl (C=S) groups is 1. The molecule has 25 heavy (non-hydrogen) atoms. The first-order valence-corrected chi connectivity index (χ1v) is 9.06. The summed E-state index contributed by atoms with van der Waals surface area (Å²) in [5, 5.41) is 14.1. The van der Waals surface area contributed by atoms with Gasteiger partial charge in [-0.2, -0.15) is 0 Å². The molecule has 4 aliphatic rings. The summed E-state index contributed by atoms with van der Waals surface area (Å²) in [5.74, 6) is -0.734. The van der Waals surface area contributed by atoms with Crippen LogP contribution in [0, 0.1) is 34.8 Å². The minimum absolute atomic E-state index is 0.121. The van der Waals surface area contributed by atoms with Crippen LogP contribution in [0.5, 0.6) is 5.75 Å². The number of anilines is 1. The first-order chi connectivity index (χ1) is 11.8. The van der Waals surface area contributed by atoms with Gasteiger partial charge in [0.1, 0.15) is 11.4 Å². The van der Waals surface area contributed by atoms with Crippen molar-refractivity contribution in [1.82, 2.24) is 5.32 Å². The van der Waals surface area contributed by atoms with Crippen LogP contribution in [0.25, 0.3) is 0 Å². The smallest absolute Gasteiger partial charge is 0.232 e. The largest absolute Gasteiger partial charge is 0.508 e. The van der Waals surface area contributed by atoms with Crippen LogP contribution in [0.2, 0.25) is 0 Å². The second-order valence-electron chi connectivity index (χ2n) is 7.89. The summed E-state index contributed by atoms with van der Waals surface area (Å²) >= 11 is 5.08. The molecule has 0 aliphatic heterocycles. The first-order valence-electron chi connectivity index (χ1n) is 8.65. The molecule has 0 atom stereocenters. The van der Waals surface area contributed by atoms with E-state index in [4.69, 9.17) is 12.2 Å². The van der Waals surface area contributed by atoms with Crippen molar-refractivity contribution < 1.29 is 18.7 Å². The maximum Gasteiger partial charge on any atom is 0.232 e. The zero-order chi connectivity index (χ0) is 17.8. The van der Waals surface area contributed by atoms with Crippen molar-refractivity contribution in [2.75, 3.05) is 5.32 Å². The molecule has 4 fully saturated rings. The van der Waals surface area contributed by atoms with Crippen LogP contribution in [0.4, 0.5) is 14.5 Å². The topological polar surface area (TPSA) is 61.4 Å². The normalized spacial score (nSPS) is 32.5. The van der Waals surface area contributed by atoms with E-state index in [9.17, 15) is 18.7 Å². The van der Waals surface area contributed by atoms with Gasteiger partial charge in [-0.15, -0.1) is 0 Å². The average molecular weight is 366 g/mol. The number of phenols is 1. The molecule has 7 heteroatoms. The number of hydrogen-bond donors (Lipinski definition) is 3. The van der Waals surface area contributed by atoms with E-state index < -0.39 is 23.1 Å². The van der Waals surface area contributed by atoms with Crippen LogP contribution in [0.1, 0.15) is 38.5 Å². The van der Waals surface area contributed by atoms with E-state index in [0.29, 0.717) is 17.8 Å². The Bertz CT molecular complexity index is 694. The molecule has 4 saturated carbocycles. The van der Waals surface area contributed by atoms with E-state index in [2.05, 4.69) is 10.6 Å². The molecular formula is C18H20F2N2O2S. The van der Waals surface area contributed by atoms with Gasteiger partial charge < -0.3 is 15.7 Å². The Morgan fingerprint density at radius 2 is 1.56 bits per heavy atom. The lowest BCUT2D eigenvalue weighted by Gasteiger charge is -2.55. The zero-order valence-corrected chi connectivity index (χ0v) is 14.5. The molecule has 134 valence electrons. The van der Waals surface area contributed by atoms with E-state index in [1.54, 1.807) is 0 Å². The van der Waals surface area contributed by atoms with Crippen molar-refractivity contribution in [3.63, 3.8) is 0 Å². The van der Waals surface area contributed by atoms with Crippen LogP contribution in [-0.4, -0.2) is 16.1 Å². The van der Waals surface area contributed by atoms with E-state index in [-0.39, 0.29) is 16.4 Å². The second-order valence-corrected chi connectivity index (χ2v) is 8.30. The molecule has 0 heterocycles. The lowest BCUT2D eigenvalue weighted by atomic mass is 9.49. The Morgan fingerprint density at radius 3 is 2.04 bits per heavy atom. The van der Waals surface area contributed by atoms with Gasteiger partial charge in [-0.25, -0.2) is 8.78 Å². The predicted molar refractivity (Wildman–Crippen MR) is 93.0 cm³/mol. The highest BCUT2D eigenvalue weighted by atomic mass is 32.1.